The Bertz CT molecular complexity index is 742. The van der Waals surface area contributed by atoms with Gasteiger partial charge in [-0.05, 0) is 56.1 Å². The maximum Gasteiger partial charge on any atom is 0.254 e. The third-order valence-corrected chi connectivity index (χ3v) is 6.75. The van der Waals surface area contributed by atoms with Crippen molar-refractivity contribution in [2.45, 2.75) is 44.6 Å². The van der Waals surface area contributed by atoms with Crippen molar-refractivity contribution < 1.29 is 4.79 Å². The summed E-state index contributed by atoms with van der Waals surface area (Å²) in [5, 5.41) is 9.65. The lowest BCUT2D eigenvalue weighted by atomic mass is 9.97. The molecule has 0 unspecified atom stereocenters. The number of aryl methyl sites for hydroxylation is 1. The molecule has 26 heavy (non-hydrogen) atoms. The highest BCUT2D eigenvalue weighted by atomic mass is 32.1. The fourth-order valence-corrected chi connectivity index (χ4v) is 4.84. The lowest BCUT2D eigenvalue weighted by Crippen LogP contribution is -2.41. The second kappa shape index (κ2) is 7.53. The number of hydrogen-bond acceptors (Lipinski definition) is 4. The van der Waals surface area contributed by atoms with E-state index in [2.05, 4.69) is 39.8 Å². The summed E-state index contributed by atoms with van der Waals surface area (Å²) in [6.07, 6.45) is 6.55. The highest BCUT2D eigenvalue weighted by Crippen LogP contribution is 2.41. The van der Waals surface area contributed by atoms with Crippen LogP contribution in [-0.4, -0.2) is 40.2 Å². The van der Waals surface area contributed by atoms with Crippen LogP contribution in [0.25, 0.3) is 0 Å². The first-order valence-electron chi connectivity index (χ1n) is 9.71. The molecule has 5 nitrogen and oxygen atoms in total. The largest absolute Gasteiger partial charge is 0.350 e. The minimum absolute atomic E-state index is 0.0203. The van der Waals surface area contributed by atoms with Crippen molar-refractivity contribution in [3.63, 3.8) is 0 Å². The van der Waals surface area contributed by atoms with E-state index in [1.54, 1.807) is 17.5 Å². The number of piperidine rings is 1. The van der Waals surface area contributed by atoms with Gasteiger partial charge in [0, 0.05) is 24.4 Å². The van der Waals surface area contributed by atoms with Crippen molar-refractivity contribution in [2.75, 3.05) is 19.6 Å². The molecule has 0 aromatic carbocycles. The van der Waals surface area contributed by atoms with Gasteiger partial charge >= 0.3 is 0 Å². The van der Waals surface area contributed by atoms with Crippen LogP contribution in [0.2, 0.25) is 0 Å². The quantitative estimate of drug-likeness (QED) is 0.843. The van der Waals surface area contributed by atoms with Crippen molar-refractivity contribution in [3.05, 3.63) is 39.8 Å². The van der Waals surface area contributed by atoms with E-state index in [9.17, 15) is 4.79 Å². The number of amides is 1. The number of hydrogen-bond donors (Lipinski definition) is 1. The molecule has 2 aliphatic rings. The van der Waals surface area contributed by atoms with E-state index >= 15 is 0 Å². The van der Waals surface area contributed by atoms with E-state index in [-0.39, 0.29) is 11.9 Å². The van der Waals surface area contributed by atoms with Gasteiger partial charge in [-0.3, -0.25) is 14.4 Å². The molecule has 2 aromatic heterocycles. The van der Waals surface area contributed by atoms with Gasteiger partial charge in [-0.15, -0.1) is 11.3 Å². The van der Waals surface area contributed by atoms with Crippen LogP contribution in [0, 0.1) is 5.92 Å². The van der Waals surface area contributed by atoms with Gasteiger partial charge in [-0.25, -0.2) is 0 Å². The van der Waals surface area contributed by atoms with Crippen molar-refractivity contribution >= 4 is 17.2 Å². The average molecular weight is 373 g/mol. The maximum absolute atomic E-state index is 12.8. The Hall–Kier alpha value is -1.66. The number of thiophene rings is 1. The molecule has 3 heterocycles. The lowest BCUT2D eigenvalue weighted by Gasteiger charge is -2.36. The Kier molecular flexibility index (Phi) is 5.14. The summed E-state index contributed by atoms with van der Waals surface area (Å²) in [6, 6.07) is 4.57. The summed E-state index contributed by atoms with van der Waals surface area (Å²) in [6.45, 7) is 5.22. The number of rotatable bonds is 6. The standard InChI is InChI=1S/C20H28N4OS/c1-14-7-9-24(10-8-14)17(18-4-3-11-26-18)13-21-20(25)16-12-22-23(2)19(16)15-5-6-15/h3-4,11-12,14-15,17H,5-10,13H2,1-2H3,(H,21,25)/t17-/m1/s1. The monoisotopic (exact) mass is 372 g/mol. The van der Waals surface area contributed by atoms with Gasteiger partial charge in [0.2, 0.25) is 0 Å². The first-order chi connectivity index (χ1) is 12.6. The van der Waals surface area contributed by atoms with Crippen LogP contribution in [0.15, 0.2) is 23.7 Å². The molecule has 1 N–H and O–H groups in total. The molecule has 2 fully saturated rings. The smallest absolute Gasteiger partial charge is 0.254 e. The van der Waals surface area contributed by atoms with Crippen molar-refractivity contribution in [3.8, 4) is 0 Å². The molecule has 0 spiro atoms. The van der Waals surface area contributed by atoms with Gasteiger partial charge in [0.15, 0.2) is 0 Å². The molecule has 140 valence electrons. The van der Waals surface area contributed by atoms with Crippen LogP contribution in [0.5, 0.6) is 0 Å². The van der Waals surface area contributed by atoms with Crippen LogP contribution in [0.4, 0.5) is 0 Å². The predicted molar refractivity (Wildman–Crippen MR) is 105 cm³/mol. The zero-order valence-electron chi connectivity index (χ0n) is 15.6. The fraction of sp³-hybridized carbons (Fsp3) is 0.600. The van der Waals surface area contributed by atoms with E-state index in [1.165, 1.54) is 30.6 Å². The second-order valence-corrected chi connectivity index (χ2v) is 8.78. The van der Waals surface area contributed by atoms with Crippen molar-refractivity contribution in [1.29, 1.82) is 0 Å². The highest BCUT2D eigenvalue weighted by molar-refractivity contribution is 7.10. The van der Waals surface area contributed by atoms with Crippen LogP contribution in [0.1, 0.15) is 65.5 Å². The lowest BCUT2D eigenvalue weighted by molar-refractivity contribution is 0.0914. The van der Waals surface area contributed by atoms with Gasteiger partial charge in [0.25, 0.3) is 5.91 Å². The average Bonchev–Trinajstić information content (AvgIpc) is 3.17. The van der Waals surface area contributed by atoms with Gasteiger partial charge in [0.05, 0.1) is 23.5 Å². The minimum atomic E-state index is 0.0203. The van der Waals surface area contributed by atoms with Crippen LogP contribution in [0.3, 0.4) is 0 Å². The number of nitrogens with zero attached hydrogens (tertiary/aromatic N) is 3. The molecular weight excluding hydrogens is 344 g/mol. The number of nitrogens with one attached hydrogen (secondary N) is 1. The highest BCUT2D eigenvalue weighted by Gasteiger charge is 2.32. The zero-order chi connectivity index (χ0) is 18.1. The van der Waals surface area contributed by atoms with Crippen LogP contribution < -0.4 is 5.32 Å². The molecule has 1 aliphatic heterocycles. The molecule has 1 saturated carbocycles. The minimum Gasteiger partial charge on any atom is -0.350 e. The Morgan fingerprint density at radius 1 is 1.35 bits per heavy atom. The number of carbonyl (C=O) groups is 1. The zero-order valence-corrected chi connectivity index (χ0v) is 16.5. The normalized spacial score (nSPS) is 20.2. The molecule has 4 rings (SSSR count). The Morgan fingerprint density at radius 2 is 2.12 bits per heavy atom. The number of likely N-dealkylation sites (tertiary alicyclic amines) is 1. The third kappa shape index (κ3) is 3.71. The van der Waals surface area contributed by atoms with E-state index in [0.29, 0.717) is 12.5 Å². The van der Waals surface area contributed by atoms with Crippen molar-refractivity contribution in [2.24, 2.45) is 13.0 Å². The maximum atomic E-state index is 12.8. The van der Waals surface area contributed by atoms with Crippen molar-refractivity contribution in [1.82, 2.24) is 20.0 Å². The molecule has 1 amide bonds. The van der Waals surface area contributed by atoms with Gasteiger partial charge in [-0.1, -0.05) is 13.0 Å². The van der Waals surface area contributed by atoms with Gasteiger partial charge < -0.3 is 5.32 Å². The molecule has 1 saturated heterocycles. The number of carbonyl (C=O) groups excluding carboxylic acids is 1. The summed E-state index contributed by atoms with van der Waals surface area (Å²) in [4.78, 5) is 16.7. The van der Waals surface area contributed by atoms with Crippen LogP contribution >= 0.6 is 11.3 Å². The van der Waals surface area contributed by atoms with Gasteiger partial charge in [-0.2, -0.15) is 5.10 Å². The summed E-state index contributed by atoms with van der Waals surface area (Å²) in [5.74, 6) is 1.34. The van der Waals surface area contributed by atoms with E-state index in [4.69, 9.17) is 0 Å². The Morgan fingerprint density at radius 3 is 2.77 bits per heavy atom. The molecule has 1 atom stereocenters. The molecule has 1 aliphatic carbocycles. The summed E-state index contributed by atoms with van der Waals surface area (Å²) >= 11 is 1.79. The van der Waals surface area contributed by atoms with E-state index in [0.717, 1.165) is 30.3 Å². The summed E-state index contributed by atoms with van der Waals surface area (Å²) in [5.41, 5.74) is 1.86. The molecule has 6 heteroatoms. The fourth-order valence-electron chi connectivity index (χ4n) is 3.98. The van der Waals surface area contributed by atoms with Gasteiger partial charge in [0.1, 0.15) is 0 Å². The third-order valence-electron chi connectivity index (χ3n) is 5.78. The summed E-state index contributed by atoms with van der Waals surface area (Å²) in [7, 11) is 1.94. The number of aromatic nitrogens is 2. The van der Waals surface area contributed by atoms with Crippen LogP contribution in [-0.2, 0) is 7.05 Å². The molecule has 2 aromatic rings. The molecular formula is C20H28N4OS. The molecule has 0 radical (unpaired) electrons. The molecule has 0 bridgehead atoms. The first kappa shape index (κ1) is 17.7. The van der Waals surface area contributed by atoms with E-state index < -0.39 is 0 Å². The second-order valence-electron chi connectivity index (χ2n) is 7.80. The topological polar surface area (TPSA) is 50.2 Å². The first-order valence-corrected chi connectivity index (χ1v) is 10.6. The Balaban J connectivity index is 1.45. The Labute approximate surface area is 159 Å². The SMILES string of the molecule is CC1CCN([C@H](CNC(=O)c2cnn(C)c2C2CC2)c2cccs2)CC1. The van der Waals surface area contributed by atoms with E-state index in [1.807, 2.05) is 11.7 Å². The predicted octanol–water partition coefficient (Wildman–Crippen LogP) is 3.56. The summed E-state index contributed by atoms with van der Waals surface area (Å²) < 4.78 is 1.87.